The number of anilines is 1. The van der Waals surface area contributed by atoms with E-state index in [1.807, 2.05) is 25.8 Å². The number of H-pyrrole nitrogens is 1. The van der Waals surface area contributed by atoms with Crippen molar-refractivity contribution in [3.63, 3.8) is 0 Å². The molecule has 170 valence electrons. The number of halogens is 3. The zero-order valence-electron chi connectivity index (χ0n) is 18.1. The second kappa shape index (κ2) is 8.29. The van der Waals surface area contributed by atoms with Crippen molar-refractivity contribution < 1.29 is 18.0 Å². The number of aryl methyl sites for hydroxylation is 2. The molecular weight excluding hydrogens is 423 g/mol. The van der Waals surface area contributed by atoms with Gasteiger partial charge in [0.1, 0.15) is 11.5 Å². The highest BCUT2D eigenvalue weighted by Crippen LogP contribution is 2.30. The fourth-order valence-corrected chi connectivity index (χ4v) is 3.96. The average Bonchev–Trinajstić information content (AvgIpc) is 3.21. The Bertz CT molecular complexity index is 1120. The van der Waals surface area contributed by atoms with Crippen LogP contribution < -0.4 is 4.90 Å². The van der Waals surface area contributed by atoms with E-state index >= 15 is 0 Å². The Kier molecular flexibility index (Phi) is 5.66. The zero-order chi connectivity index (χ0) is 23.0. The second-order valence-corrected chi connectivity index (χ2v) is 7.87. The summed E-state index contributed by atoms with van der Waals surface area (Å²) in [5.74, 6) is 0.309. The van der Waals surface area contributed by atoms with Crippen LogP contribution in [-0.2, 0) is 13.2 Å². The second-order valence-electron chi connectivity index (χ2n) is 7.87. The van der Waals surface area contributed by atoms with Gasteiger partial charge in [-0.2, -0.15) is 23.4 Å². The summed E-state index contributed by atoms with van der Waals surface area (Å²) >= 11 is 0. The highest BCUT2D eigenvalue weighted by molar-refractivity contribution is 5.93. The first-order valence-electron chi connectivity index (χ1n) is 10.3. The van der Waals surface area contributed by atoms with Crippen molar-refractivity contribution in [2.24, 2.45) is 7.05 Å². The fraction of sp³-hybridized carbons (Fsp3) is 0.429. The van der Waals surface area contributed by atoms with Crippen LogP contribution in [0.3, 0.4) is 0 Å². The van der Waals surface area contributed by atoms with Crippen molar-refractivity contribution >= 4 is 11.7 Å². The number of nitrogens with zero attached hydrogens (tertiary/aromatic N) is 6. The summed E-state index contributed by atoms with van der Waals surface area (Å²) in [7, 11) is 1.86. The number of hydrogen-bond donors (Lipinski definition) is 1. The summed E-state index contributed by atoms with van der Waals surface area (Å²) in [5.41, 5.74) is 2.98. The maximum atomic E-state index is 13.0. The molecule has 4 rings (SSSR count). The average molecular weight is 447 g/mol. The van der Waals surface area contributed by atoms with Crippen LogP contribution in [0.5, 0.6) is 0 Å². The molecule has 0 saturated carbocycles. The molecule has 8 nitrogen and oxygen atoms in total. The number of carbonyl (C=O) groups excluding carboxylic acids is 1. The molecule has 0 spiro atoms. The summed E-state index contributed by atoms with van der Waals surface area (Å²) in [6.45, 7) is 5.90. The molecule has 1 aliphatic rings. The topological polar surface area (TPSA) is 82.9 Å². The minimum atomic E-state index is -4.41. The third-order valence-electron chi connectivity index (χ3n) is 5.76. The van der Waals surface area contributed by atoms with Crippen molar-refractivity contribution in [1.29, 1.82) is 0 Å². The van der Waals surface area contributed by atoms with Crippen LogP contribution in [0.2, 0.25) is 0 Å². The first-order chi connectivity index (χ1) is 15.1. The van der Waals surface area contributed by atoms with E-state index < -0.39 is 11.7 Å². The van der Waals surface area contributed by atoms with Crippen molar-refractivity contribution in [1.82, 2.24) is 29.9 Å². The molecule has 32 heavy (non-hydrogen) atoms. The highest BCUT2D eigenvalue weighted by Gasteiger charge is 2.31. The smallest absolute Gasteiger partial charge is 0.355 e. The van der Waals surface area contributed by atoms with Gasteiger partial charge in [-0.25, -0.2) is 4.98 Å². The monoisotopic (exact) mass is 447 g/mol. The Morgan fingerprint density at radius 1 is 1.12 bits per heavy atom. The predicted octanol–water partition coefficient (Wildman–Crippen LogP) is 3.19. The van der Waals surface area contributed by atoms with Gasteiger partial charge in [-0.1, -0.05) is 0 Å². The maximum Gasteiger partial charge on any atom is 0.417 e. The van der Waals surface area contributed by atoms with E-state index in [-0.39, 0.29) is 5.91 Å². The molecule has 1 N–H and O–H groups in total. The highest BCUT2D eigenvalue weighted by atomic mass is 19.4. The minimum Gasteiger partial charge on any atom is -0.355 e. The van der Waals surface area contributed by atoms with Crippen molar-refractivity contribution in [3.8, 4) is 11.3 Å². The van der Waals surface area contributed by atoms with Crippen molar-refractivity contribution in [3.05, 3.63) is 47.0 Å². The molecule has 3 aromatic heterocycles. The molecule has 1 fully saturated rings. The molecule has 11 heteroatoms. The number of alkyl halides is 3. The molecule has 1 saturated heterocycles. The van der Waals surface area contributed by atoms with Crippen LogP contribution in [0, 0.1) is 13.8 Å². The van der Waals surface area contributed by atoms with Gasteiger partial charge in [0.15, 0.2) is 0 Å². The molecule has 0 radical (unpaired) electrons. The molecule has 0 aliphatic carbocycles. The number of rotatable bonds is 3. The number of carbonyl (C=O) groups is 1. The van der Waals surface area contributed by atoms with E-state index in [1.165, 1.54) is 6.07 Å². The molecule has 0 aromatic carbocycles. The first-order valence-corrected chi connectivity index (χ1v) is 10.3. The number of aromatic nitrogens is 5. The van der Waals surface area contributed by atoms with Gasteiger partial charge in [-0.15, -0.1) is 0 Å². The molecule has 1 amide bonds. The van der Waals surface area contributed by atoms with E-state index in [0.29, 0.717) is 49.8 Å². The maximum absolute atomic E-state index is 13.0. The minimum absolute atomic E-state index is 0.162. The standard InChI is InChI=1S/C21H24F3N7O/c1-13-19(14(2)29(3)28-13)16-11-17(27-26-16)20(32)31-8-4-7-30(9-10-31)18-6-5-15(12-25-18)21(22,23)24/h5-6,11-12H,4,7-10H2,1-3H3,(H,26,27). The van der Waals surface area contributed by atoms with Gasteiger partial charge in [-0.3, -0.25) is 14.6 Å². The Balaban J connectivity index is 1.45. The van der Waals surface area contributed by atoms with Crippen LogP contribution in [0.15, 0.2) is 24.4 Å². The first kappa shape index (κ1) is 21.8. The Hall–Kier alpha value is -3.37. The Morgan fingerprint density at radius 3 is 2.53 bits per heavy atom. The number of amides is 1. The molecule has 0 unspecified atom stereocenters. The lowest BCUT2D eigenvalue weighted by atomic mass is 10.1. The molecule has 1 aliphatic heterocycles. The Labute approximate surface area is 183 Å². The van der Waals surface area contributed by atoms with Crippen LogP contribution >= 0.6 is 0 Å². The van der Waals surface area contributed by atoms with Crippen molar-refractivity contribution in [2.45, 2.75) is 26.4 Å². The van der Waals surface area contributed by atoms with Gasteiger partial charge in [0.25, 0.3) is 5.91 Å². The van der Waals surface area contributed by atoms with Gasteiger partial charge in [0.05, 0.1) is 17.0 Å². The summed E-state index contributed by atoms with van der Waals surface area (Å²) in [6.07, 6.45) is -2.89. The van der Waals surface area contributed by atoms with Gasteiger partial charge >= 0.3 is 6.18 Å². The molecule has 3 aromatic rings. The fourth-order valence-electron chi connectivity index (χ4n) is 3.96. The number of pyridine rings is 1. The molecule has 4 heterocycles. The predicted molar refractivity (Wildman–Crippen MR) is 112 cm³/mol. The molecular formula is C21H24F3N7O. The van der Waals surface area contributed by atoms with Gasteiger partial charge < -0.3 is 9.80 Å². The van der Waals surface area contributed by atoms with Gasteiger partial charge in [0.2, 0.25) is 0 Å². The van der Waals surface area contributed by atoms with Crippen LogP contribution in [0.1, 0.15) is 33.9 Å². The SMILES string of the molecule is Cc1nn(C)c(C)c1-c1cc(C(=O)N2CCCN(c3ccc(C(F)(F)F)cn3)CC2)[nH]n1. The third kappa shape index (κ3) is 4.19. The van der Waals surface area contributed by atoms with E-state index in [1.54, 1.807) is 15.6 Å². The number of aromatic amines is 1. The van der Waals surface area contributed by atoms with E-state index in [4.69, 9.17) is 0 Å². The van der Waals surface area contributed by atoms with E-state index in [2.05, 4.69) is 20.3 Å². The van der Waals surface area contributed by atoms with E-state index in [9.17, 15) is 18.0 Å². The van der Waals surface area contributed by atoms with Crippen LogP contribution in [0.25, 0.3) is 11.3 Å². The van der Waals surface area contributed by atoms with Gasteiger partial charge in [-0.05, 0) is 38.5 Å². The molecule has 0 atom stereocenters. The van der Waals surface area contributed by atoms with Crippen LogP contribution in [0.4, 0.5) is 19.0 Å². The summed E-state index contributed by atoms with van der Waals surface area (Å²) < 4.78 is 40.1. The lowest BCUT2D eigenvalue weighted by Crippen LogP contribution is -2.35. The van der Waals surface area contributed by atoms with Crippen LogP contribution in [-0.4, -0.2) is 61.9 Å². The normalized spacial score (nSPS) is 15.2. The Morgan fingerprint density at radius 2 is 1.91 bits per heavy atom. The zero-order valence-corrected chi connectivity index (χ0v) is 18.1. The lowest BCUT2D eigenvalue weighted by molar-refractivity contribution is -0.137. The van der Waals surface area contributed by atoms with Gasteiger partial charge in [0, 0.05) is 50.7 Å². The summed E-state index contributed by atoms with van der Waals surface area (Å²) in [6, 6.07) is 4.14. The summed E-state index contributed by atoms with van der Waals surface area (Å²) in [5, 5.41) is 11.5. The number of nitrogens with one attached hydrogen (secondary N) is 1. The number of hydrogen-bond acceptors (Lipinski definition) is 5. The third-order valence-corrected chi connectivity index (χ3v) is 5.76. The van der Waals surface area contributed by atoms with Crippen molar-refractivity contribution in [2.75, 3.05) is 31.1 Å². The summed E-state index contributed by atoms with van der Waals surface area (Å²) in [4.78, 5) is 20.6. The van der Waals surface area contributed by atoms with E-state index in [0.717, 1.165) is 29.2 Å². The largest absolute Gasteiger partial charge is 0.417 e. The molecule has 0 bridgehead atoms. The quantitative estimate of drug-likeness (QED) is 0.667. The lowest BCUT2D eigenvalue weighted by Gasteiger charge is -2.22.